The number of amides is 1. The first-order chi connectivity index (χ1) is 9.49. The molecule has 0 aliphatic rings. The first kappa shape index (κ1) is 14.8. The monoisotopic (exact) mass is 331 g/mol. The van der Waals surface area contributed by atoms with Crippen LogP contribution in [0.2, 0.25) is 0 Å². The Morgan fingerprint density at radius 2 is 1.80 bits per heavy atom. The third-order valence-corrected chi connectivity index (χ3v) is 3.94. The minimum absolute atomic E-state index is 0.0482. The highest BCUT2D eigenvalue weighted by Gasteiger charge is 2.15. The van der Waals surface area contributed by atoms with Crippen LogP contribution in [0.25, 0.3) is 0 Å². The summed E-state index contributed by atoms with van der Waals surface area (Å²) >= 11 is 3.42. The van der Waals surface area contributed by atoms with Crippen molar-refractivity contribution < 1.29 is 4.79 Å². The molecule has 0 aromatic heterocycles. The summed E-state index contributed by atoms with van der Waals surface area (Å²) in [6.07, 6.45) is 0. The van der Waals surface area contributed by atoms with Gasteiger partial charge in [-0.3, -0.25) is 4.79 Å². The quantitative estimate of drug-likeness (QED) is 0.819. The van der Waals surface area contributed by atoms with Crippen LogP contribution in [0.5, 0.6) is 0 Å². The van der Waals surface area contributed by atoms with E-state index in [9.17, 15) is 4.79 Å². The van der Waals surface area contributed by atoms with Gasteiger partial charge in [0.2, 0.25) is 0 Å². The second-order valence-electron chi connectivity index (χ2n) is 5.05. The van der Waals surface area contributed by atoms with Crippen LogP contribution in [0.3, 0.4) is 0 Å². The lowest BCUT2D eigenvalue weighted by Crippen LogP contribution is -2.27. The van der Waals surface area contributed by atoms with Crippen LogP contribution in [-0.2, 0) is 6.54 Å². The van der Waals surface area contributed by atoms with E-state index >= 15 is 0 Å². The summed E-state index contributed by atoms with van der Waals surface area (Å²) in [7, 11) is 1.84. The average Bonchev–Trinajstić information content (AvgIpc) is 2.43. The number of hydrogen-bond donors (Lipinski definition) is 0. The molecule has 0 aliphatic heterocycles. The molecule has 0 spiro atoms. The number of halogens is 1. The fraction of sp³-hybridized carbons (Fsp3) is 0.235. The molecule has 0 bridgehead atoms. The smallest absolute Gasteiger partial charge is 0.254 e. The van der Waals surface area contributed by atoms with Gasteiger partial charge in [0.25, 0.3) is 5.91 Å². The Labute approximate surface area is 128 Å². The molecule has 2 aromatic rings. The standard InChI is InChI=1S/C17H18BrNO/c1-12-6-4-5-7-14(12)11-19(3)17(20)16-10-15(18)9-8-13(16)2/h4-10H,11H2,1-3H3. The van der Waals surface area contributed by atoms with Gasteiger partial charge in [0.05, 0.1) is 0 Å². The number of benzene rings is 2. The van der Waals surface area contributed by atoms with E-state index < -0.39 is 0 Å². The molecule has 2 nitrogen and oxygen atoms in total. The number of aryl methyl sites for hydroxylation is 2. The Kier molecular flexibility index (Phi) is 4.61. The Morgan fingerprint density at radius 1 is 1.10 bits per heavy atom. The van der Waals surface area contributed by atoms with Crippen LogP contribution in [0.4, 0.5) is 0 Å². The van der Waals surface area contributed by atoms with Crippen molar-refractivity contribution in [2.24, 2.45) is 0 Å². The van der Waals surface area contributed by atoms with Gasteiger partial charge in [-0.05, 0) is 42.7 Å². The molecule has 3 heteroatoms. The largest absolute Gasteiger partial charge is 0.337 e. The second-order valence-corrected chi connectivity index (χ2v) is 5.96. The second kappa shape index (κ2) is 6.23. The van der Waals surface area contributed by atoms with Gasteiger partial charge in [0, 0.05) is 23.6 Å². The van der Waals surface area contributed by atoms with Crippen LogP contribution in [-0.4, -0.2) is 17.9 Å². The highest BCUT2D eigenvalue weighted by molar-refractivity contribution is 9.10. The normalized spacial score (nSPS) is 10.4. The average molecular weight is 332 g/mol. The van der Waals surface area contributed by atoms with Crippen molar-refractivity contribution in [1.82, 2.24) is 4.90 Å². The minimum atomic E-state index is 0.0482. The Balaban J connectivity index is 2.21. The molecular formula is C17H18BrNO. The molecule has 0 aliphatic carbocycles. The molecule has 104 valence electrons. The Hall–Kier alpha value is -1.61. The van der Waals surface area contributed by atoms with Gasteiger partial charge < -0.3 is 4.90 Å². The van der Waals surface area contributed by atoms with Gasteiger partial charge >= 0.3 is 0 Å². The molecule has 0 unspecified atom stereocenters. The topological polar surface area (TPSA) is 20.3 Å². The zero-order chi connectivity index (χ0) is 14.7. The van der Waals surface area contributed by atoms with E-state index in [0.29, 0.717) is 6.54 Å². The van der Waals surface area contributed by atoms with Crippen LogP contribution < -0.4 is 0 Å². The molecule has 2 aromatic carbocycles. The molecule has 20 heavy (non-hydrogen) atoms. The summed E-state index contributed by atoms with van der Waals surface area (Å²) < 4.78 is 0.927. The molecule has 0 atom stereocenters. The molecule has 0 saturated carbocycles. The number of nitrogens with zero attached hydrogens (tertiary/aromatic N) is 1. The van der Waals surface area contributed by atoms with Gasteiger partial charge in [-0.25, -0.2) is 0 Å². The van der Waals surface area contributed by atoms with Crippen molar-refractivity contribution in [3.63, 3.8) is 0 Å². The first-order valence-corrected chi connectivity index (χ1v) is 7.34. The maximum atomic E-state index is 12.5. The lowest BCUT2D eigenvalue weighted by atomic mass is 10.1. The predicted octanol–water partition coefficient (Wildman–Crippen LogP) is 4.34. The lowest BCUT2D eigenvalue weighted by molar-refractivity contribution is 0.0784. The summed E-state index contributed by atoms with van der Waals surface area (Å²) in [5.41, 5.74) is 4.12. The number of rotatable bonds is 3. The van der Waals surface area contributed by atoms with E-state index in [1.807, 2.05) is 44.3 Å². The maximum Gasteiger partial charge on any atom is 0.254 e. The van der Waals surface area contributed by atoms with E-state index in [1.165, 1.54) is 11.1 Å². The SMILES string of the molecule is Cc1ccccc1CN(C)C(=O)c1cc(Br)ccc1C. The zero-order valence-electron chi connectivity index (χ0n) is 12.0. The van der Waals surface area contributed by atoms with Crippen molar-refractivity contribution in [3.05, 3.63) is 69.2 Å². The Morgan fingerprint density at radius 3 is 2.50 bits per heavy atom. The summed E-state index contributed by atoms with van der Waals surface area (Å²) in [6, 6.07) is 13.9. The van der Waals surface area contributed by atoms with Crippen molar-refractivity contribution in [1.29, 1.82) is 0 Å². The molecule has 0 heterocycles. The highest BCUT2D eigenvalue weighted by atomic mass is 79.9. The molecule has 0 fully saturated rings. The Bertz CT molecular complexity index is 637. The predicted molar refractivity (Wildman–Crippen MR) is 85.9 cm³/mol. The van der Waals surface area contributed by atoms with E-state index in [4.69, 9.17) is 0 Å². The summed E-state index contributed by atoms with van der Waals surface area (Å²) in [5, 5.41) is 0. The fourth-order valence-electron chi connectivity index (χ4n) is 2.15. The minimum Gasteiger partial charge on any atom is -0.337 e. The number of carbonyl (C=O) groups is 1. The van der Waals surface area contributed by atoms with E-state index in [-0.39, 0.29) is 5.91 Å². The molecule has 0 radical (unpaired) electrons. The summed E-state index contributed by atoms with van der Waals surface area (Å²) in [4.78, 5) is 14.3. The first-order valence-electron chi connectivity index (χ1n) is 6.55. The van der Waals surface area contributed by atoms with Gasteiger partial charge in [0.15, 0.2) is 0 Å². The number of hydrogen-bond acceptors (Lipinski definition) is 1. The molecular weight excluding hydrogens is 314 g/mol. The van der Waals surface area contributed by atoms with Crippen LogP contribution in [0.15, 0.2) is 46.9 Å². The highest BCUT2D eigenvalue weighted by Crippen LogP contribution is 2.19. The fourth-order valence-corrected chi connectivity index (χ4v) is 2.51. The molecule has 1 amide bonds. The molecule has 2 rings (SSSR count). The van der Waals surface area contributed by atoms with Gasteiger partial charge in [0.1, 0.15) is 0 Å². The lowest BCUT2D eigenvalue weighted by Gasteiger charge is -2.19. The van der Waals surface area contributed by atoms with E-state index in [0.717, 1.165) is 15.6 Å². The zero-order valence-corrected chi connectivity index (χ0v) is 13.6. The van der Waals surface area contributed by atoms with Gasteiger partial charge in [-0.15, -0.1) is 0 Å². The van der Waals surface area contributed by atoms with Crippen LogP contribution in [0, 0.1) is 13.8 Å². The summed E-state index contributed by atoms with van der Waals surface area (Å²) in [6.45, 7) is 4.65. The van der Waals surface area contributed by atoms with Crippen LogP contribution >= 0.6 is 15.9 Å². The van der Waals surface area contributed by atoms with Crippen LogP contribution in [0.1, 0.15) is 27.0 Å². The van der Waals surface area contributed by atoms with Crippen molar-refractivity contribution in [2.75, 3.05) is 7.05 Å². The summed E-state index contributed by atoms with van der Waals surface area (Å²) in [5.74, 6) is 0.0482. The maximum absolute atomic E-state index is 12.5. The van der Waals surface area contributed by atoms with Gasteiger partial charge in [-0.2, -0.15) is 0 Å². The third-order valence-electron chi connectivity index (χ3n) is 3.45. The molecule has 0 N–H and O–H groups in total. The van der Waals surface area contributed by atoms with Crippen molar-refractivity contribution >= 4 is 21.8 Å². The van der Waals surface area contributed by atoms with Gasteiger partial charge in [-0.1, -0.05) is 46.3 Å². The van der Waals surface area contributed by atoms with Crippen molar-refractivity contribution in [2.45, 2.75) is 20.4 Å². The number of carbonyl (C=O) groups excluding carboxylic acids is 1. The molecule has 0 saturated heterocycles. The third kappa shape index (κ3) is 3.28. The van der Waals surface area contributed by atoms with E-state index in [1.54, 1.807) is 4.90 Å². The van der Waals surface area contributed by atoms with E-state index in [2.05, 4.69) is 35.0 Å². The van der Waals surface area contributed by atoms with Crippen molar-refractivity contribution in [3.8, 4) is 0 Å².